The highest BCUT2D eigenvalue weighted by Crippen LogP contribution is 2.31. The molecule has 0 fully saturated rings. The van der Waals surface area contributed by atoms with Gasteiger partial charge in [-0.25, -0.2) is 10.2 Å². The Kier molecular flexibility index (Phi) is 4.43. The maximum atomic E-state index is 13.1. The van der Waals surface area contributed by atoms with Crippen molar-refractivity contribution in [3.8, 4) is 0 Å². The Labute approximate surface area is 157 Å². The Morgan fingerprint density at radius 3 is 2.74 bits per heavy atom. The molecule has 0 bridgehead atoms. The number of nitrogens with zero attached hydrogens (tertiary/aromatic N) is 2. The van der Waals surface area contributed by atoms with Crippen molar-refractivity contribution in [1.29, 1.82) is 0 Å². The molecule has 3 N–H and O–H groups in total. The summed E-state index contributed by atoms with van der Waals surface area (Å²) < 4.78 is 5.96. The predicted molar refractivity (Wildman–Crippen MR) is 101 cm³/mol. The van der Waals surface area contributed by atoms with Crippen LogP contribution in [0.4, 0.5) is 4.79 Å². The molecular formula is C20H22N4O3. The zero-order valence-electron chi connectivity index (χ0n) is 15.2. The number of primary amides is 1. The number of carbonyl (C=O) groups excluding carboxylic acids is 2. The number of hydrazone groups is 1. The number of fused-ring (bicyclic) bond motifs is 2. The van der Waals surface area contributed by atoms with E-state index in [2.05, 4.69) is 22.7 Å². The van der Waals surface area contributed by atoms with Crippen molar-refractivity contribution in [2.45, 2.75) is 39.2 Å². The molecular weight excluding hydrogens is 344 g/mol. The third-order valence-electron chi connectivity index (χ3n) is 5.24. The number of carbonyl (C=O) groups is 2. The average molecular weight is 366 g/mol. The second-order valence-electron chi connectivity index (χ2n) is 6.99. The third-order valence-corrected chi connectivity index (χ3v) is 5.24. The summed E-state index contributed by atoms with van der Waals surface area (Å²) in [6.07, 6.45) is 3.15. The lowest BCUT2D eigenvalue weighted by Gasteiger charge is -2.28. The SMILES string of the molecule is Cc1c(C(=O)N2CCc3ccccc3C2)oc2c1/C(=N/NC(N)=O)CCC2. The highest BCUT2D eigenvalue weighted by atomic mass is 16.4. The summed E-state index contributed by atoms with van der Waals surface area (Å²) in [7, 11) is 0. The smallest absolute Gasteiger partial charge is 0.332 e. The van der Waals surface area contributed by atoms with E-state index >= 15 is 0 Å². The number of nitrogens with one attached hydrogen (secondary N) is 1. The van der Waals surface area contributed by atoms with E-state index in [-0.39, 0.29) is 5.91 Å². The summed E-state index contributed by atoms with van der Waals surface area (Å²) >= 11 is 0. The van der Waals surface area contributed by atoms with Crippen LogP contribution in [0.1, 0.15) is 51.4 Å². The maximum absolute atomic E-state index is 13.1. The van der Waals surface area contributed by atoms with Crippen molar-refractivity contribution in [3.05, 3.63) is 58.0 Å². The van der Waals surface area contributed by atoms with Crippen molar-refractivity contribution in [1.82, 2.24) is 10.3 Å². The topological polar surface area (TPSA) is 101 Å². The van der Waals surface area contributed by atoms with Gasteiger partial charge in [0.2, 0.25) is 0 Å². The Morgan fingerprint density at radius 1 is 1.19 bits per heavy atom. The molecule has 27 heavy (non-hydrogen) atoms. The van der Waals surface area contributed by atoms with Gasteiger partial charge in [0.15, 0.2) is 5.76 Å². The van der Waals surface area contributed by atoms with E-state index in [9.17, 15) is 9.59 Å². The van der Waals surface area contributed by atoms with Crippen LogP contribution in [-0.2, 0) is 19.4 Å². The molecule has 7 heteroatoms. The van der Waals surface area contributed by atoms with Crippen LogP contribution in [0, 0.1) is 6.92 Å². The van der Waals surface area contributed by atoms with Gasteiger partial charge in [0.05, 0.1) is 5.71 Å². The monoisotopic (exact) mass is 366 g/mol. The van der Waals surface area contributed by atoms with Crippen LogP contribution in [0.25, 0.3) is 0 Å². The molecule has 0 saturated carbocycles. The first-order chi connectivity index (χ1) is 13.0. The van der Waals surface area contributed by atoms with Gasteiger partial charge in [-0.3, -0.25) is 4.79 Å². The number of hydrogen-bond acceptors (Lipinski definition) is 4. The fraction of sp³-hybridized carbons (Fsp3) is 0.350. The summed E-state index contributed by atoms with van der Waals surface area (Å²) in [6.45, 7) is 3.13. The normalized spacial score (nSPS) is 17.4. The first kappa shape index (κ1) is 17.3. The standard InChI is InChI=1S/C20H22N4O3/c1-12-17-15(22-23-20(21)26)7-4-8-16(17)27-18(12)19(25)24-10-9-13-5-2-3-6-14(13)11-24/h2-3,5-6H,4,7-11H2,1H3,(H3,21,23,26)/b22-15+. The van der Waals surface area contributed by atoms with Crippen molar-refractivity contribution in [3.63, 3.8) is 0 Å². The lowest BCUT2D eigenvalue weighted by molar-refractivity contribution is 0.0699. The van der Waals surface area contributed by atoms with E-state index in [4.69, 9.17) is 10.2 Å². The maximum Gasteiger partial charge on any atom is 0.332 e. The third kappa shape index (κ3) is 3.20. The molecule has 2 aliphatic rings. The second-order valence-corrected chi connectivity index (χ2v) is 6.99. The predicted octanol–water partition coefficient (Wildman–Crippen LogP) is 2.50. The molecule has 140 valence electrons. The van der Waals surface area contributed by atoms with E-state index in [1.54, 1.807) is 0 Å². The van der Waals surface area contributed by atoms with E-state index < -0.39 is 6.03 Å². The summed E-state index contributed by atoms with van der Waals surface area (Å²) in [5, 5.41) is 4.11. The highest BCUT2D eigenvalue weighted by molar-refractivity contribution is 6.06. The first-order valence-electron chi connectivity index (χ1n) is 9.15. The van der Waals surface area contributed by atoms with E-state index in [0.29, 0.717) is 31.0 Å². The van der Waals surface area contributed by atoms with Crippen molar-refractivity contribution in [2.75, 3.05) is 6.54 Å². The van der Waals surface area contributed by atoms with E-state index in [0.717, 1.165) is 36.1 Å². The summed E-state index contributed by atoms with van der Waals surface area (Å²) in [4.78, 5) is 25.9. The molecule has 1 aliphatic heterocycles. The molecule has 1 aromatic heterocycles. The molecule has 2 heterocycles. The number of benzene rings is 1. The van der Waals surface area contributed by atoms with Crippen LogP contribution in [0.2, 0.25) is 0 Å². The number of aryl methyl sites for hydroxylation is 1. The van der Waals surface area contributed by atoms with Crippen LogP contribution in [0.5, 0.6) is 0 Å². The molecule has 0 atom stereocenters. The highest BCUT2D eigenvalue weighted by Gasteiger charge is 2.31. The number of hydrogen-bond donors (Lipinski definition) is 2. The molecule has 0 spiro atoms. The minimum atomic E-state index is -0.709. The molecule has 1 aromatic carbocycles. The zero-order valence-corrected chi connectivity index (χ0v) is 15.2. The minimum Gasteiger partial charge on any atom is -0.455 e. The Hall–Kier alpha value is -3.09. The van der Waals surface area contributed by atoms with Crippen LogP contribution >= 0.6 is 0 Å². The van der Waals surface area contributed by atoms with Crippen LogP contribution in [-0.4, -0.2) is 29.1 Å². The summed E-state index contributed by atoms with van der Waals surface area (Å²) in [5.74, 6) is 1.02. The van der Waals surface area contributed by atoms with Crippen LogP contribution in [0.3, 0.4) is 0 Å². The number of nitrogens with two attached hydrogens (primary N) is 1. The van der Waals surface area contributed by atoms with Crippen LogP contribution in [0.15, 0.2) is 33.8 Å². The van der Waals surface area contributed by atoms with Crippen molar-refractivity contribution < 1.29 is 14.0 Å². The lowest BCUT2D eigenvalue weighted by atomic mass is 9.93. The van der Waals surface area contributed by atoms with Crippen molar-refractivity contribution >= 4 is 17.6 Å². The molecule has 3 amide bonds. The molecule has 0 saturated heterocycles. The van der Waals surface area contributed by atoms with Gasteiger partial charge in [-0.1, -0.05) is 24.3 Å². The van der Waals surface area contributed by atoms with Gasteiger partial charge in [-0.2, -0.15) is 5.10 Å². The fourth-order valence-corrected chi connectivity index (χ4v) is 3.92. The zero-order chi connectivity index (χ0) is 19.0. The van der Waals surface area contributed by atoms with E-state index in [1.807, 2.05) is 24.0 Å². The fourth-order valence-electron chi connectivity index (χ4n) is 3.92. The largest absolute Gasteiger partial charge is 0.455 e. The van der Waals surface area contributed by atoms with Gasteiger partial charge in [-0.05, 0) is 37.3 Å². The number of urea groups is 1. The van der Waals surface area contributed by atoms with Gasteiger partial charge in [-0.15, -0.1) is 0 Å². The second kappa shape index (κ2) is 6.90. The number of amides is 3. The van der Waals surface area contributed by atoms with Gasteiger partial charge in [0, 0.05) is 30.6 Å². The number of furan rings is 1. The average Bonchev–Trinajstić information content (AvgIpc) is 3.02. The van der Waals surface area contributed by atoms with Gasteiger partial charge in [0.1, 0.15) is 5.76 Å². The Balaban J connectivity index is 1.63. The Morgan fingerprint density at radius 2 is 1.96 bits per heavy atom. The molecule has 2 aromatic rings. The van der Waals surface area contributed by atoms with E-state index in [1.165, 1.54) is 11.1 Å². The first-order valence-corrected chi connectivity index (χ1v) is 9.15. The quantitative estimate of drug-likeness (QED) is 0.799. The molecule has 0 unspecified atom stereocenters. The minimum absolute atomic E-state index is 0.0985. The van der Waals surface area contributed by atoms with Gasteiger partial charge in [0.25, 0.3) is 5.91 Å². The number of rotatable bonds is 2. The summed E-state index contributed by atoms with van der Waals surface area (Å²) in [6, 6.07) is 7.50. The molecule has 1 aliphatic carbocycles. The van der Waals surface area contributed by atoms with Gasteiger partial charge < -0.3 is 15.1 Å². The van der Waals surface area contributed by atoms with Crippen LogP contribution < -0.4 is 11.2 Å². The molecule has 0 radical (unpaired) electrons. The summed E-state index contributed by atoms with van der Waals surface area (Å²) in [5.41, 5.74) is 12.2. The molecule has 4 rings (SSSR count). The molecule has 7 nitrogen and oxygen atoms in total. The lowest BCUT2D eigenvalue weighted by Crippen LogP contribution is -2.36. The van der Waals surface area contributed by atoms with Gasteiger partial charge >= 0.3 is 6.03 Å². The Bertz CT molecular complexity index is 945. The van der Waals surface area contributed by atoms with Crippen molar-refractivity contribution in [2.24, 2.45) is 10.8 Å².